The van der Waals surface area contributed by atoms with Crippen molar-refractivity contribution >= 4 is 7.60 Å². The van der Waals surface area contributed by atoms with E-state index >= 15 is 0 Å². The Morgan fingerprint density at radius 1 is 1.45 bits per heavy atom. The molecule has 0 spiro atoms. The van der Waals surface area contributed by atoms with E-state index < -0.39 is 7.60 Å². The van der Waals surface area contributed by atoms with Crippen molar-refractivity contribution in [2.24, 2.45) is 0 Å². The summed E-state index contributed by atoms with van der Waals surface area (Å²) in [5, 5.41) is 8.39. The Labute approximate surface area is 66.4 Å². The summed E-state index contributed by atoms with van der Waals surface area (Å²) in [6, 6.07) is 0. The quantitative estimate of drug-likeness (QED) is 0.649. The first-order chi connectivity index (χ1) is 5.18. The van der Waals surface area contributed by atoms with E-state index in [0.29, 0.717) is 6.42 Å². The minimum absolute atomic E-state index is 0.0317. The number of aliphatic hydroxyl groups is 1. The summed E-state index contributed by atoms with van der Waals surface area (Å²) in [4.78, 5) is 0. The van der Waals surface area contributed by atoms with Crippen LogP contribution < -0.4 is 0 Å². The normalized spacial score (nSPS) is 12.6. The standard InChI is InChI=1S/C6H13O4P/c1-9-11(8,10-2)6-4-3-5-7/h4,6-7H,3,5H2,1-2H3/b6-4+. The van der Waals surface area contributed by atoms with Crippen LogP contribution in [0.25, 0.3) is 0 Å². The minimum Gasteiger partial charge on any atom is -0.396 e. The van der Waals surface area contributed by atoms with E-state index in [9.17, 15) is 4.57 Å². The average molecular weight is 180 g/mol. The van der Waals surface area contributed by atoms with Crippen LogP contribution in [-0.4, -0.2) is 25.9 Å². The SMILES string of the molecule is COP(=O)(/C=C/CCO)OC. The van der Waals surface area contributed by atoms with Crippen LogP contribution in [0.2, 0.25) is 0 Å². The summed E-state index contributed by atoms with van der Waals surface area (Å²) in [5.74, 6) is 1.34. The second-order valence-electron chi connectivity index (χ2n) is 1.80. The third-order valence-electron chi connectivity index (χ3n) is 1.09. The van der Waals surface area contributed by atoms with E-state index in [1.807, 2.05) is 0 Å². The van der Waals surface area contributed by atoms with E-state index in [2.05, 4.69) is 9.05 Å². The summed E-state index contributed by atoms with van der Waals surface area (Å²) < 4.78 is 20.4. The lowest BCUT2D eigenvalue weighted by Crippen LogP contribution is -1.84. The lowest BCUT2D eigenvalue weighted by molar-refractivity contribution is 0.285. The van der Waals surface area contributed by atoms with Gasteiger partial charge < -0.3 is 14.2 Å². The highest BCUT2D eigenvalue weighted by atomic mass is 31.2. The summed E-state index contributed by atoms with van der Waals surface area (Å²) in [6.07, 6.45) is 2.02. The summed E-state index contributed by atoms with van der Waals surface area (Å²) in [6.45, 7) is 0.0317. The zero-order valence-electron chi connectivity index (χ0n) is 6.69. The Kier molecular flexibility index (Phi) is 5.42. The van der Waals surface area contributed by atoms with Gasteiger partial charge in [0.25, 0.3) is 0 Å². The molecule has 0 fully saturated rings. The monoisotopic (exact) mass is 180 g/mol. The summed E-state index contributed by atoms with van der Waals surface area (Å²) in [7, 11) is -0.376. The van der Waals surface area contributed by atoms with Gasteiger partial charge in [-0.05, 0) is 6.42 Å². The van der Waals surface area contributed by atoms with Crippen LogP contribution in [-0.2, 0) is 13.6 Å². The average Bonchev–Trinajstić information content (AvgIpc) is 2.05. The predicted octanol–water partition coefficient (Wildman–Crippen LogP) is 1.37. The highest BCUT2D eigenvalue weighted by Gasteiger charge is 2.14. The van der Waals surface area contributed by atoms with E-state index in [4.69, 9.17) is 5.11 Å². The summed E-state index contributed by atoms with van der Waals surface area (Å²) >= 11 is 0. The van der Waals surface area contributed by atoms with Gasteiger partial charge in [-0.3, -0.25) is 4.57 Å². The first-order valence-electron chi connectivity index (χ1n) is 3.18. The molecule has 0 bridgehead atoms. The first-order valence-corrected chi connectivity index (χ1v) is 4.79. The van der Waals surface area contributed by atoms with E-state index in [1.54, 1.807) is 6.08 Å². The molecule has 4 nitrogen and oxygen atoms in total. The molecular weight excluding hydrogens is 167 g/mol. The second-order valence-corrected chi connectivity index (χ2v) is 3.91. The smallest absolute Gasteiger partial charge is 0.353 e. The van der Waals surface area contributed by atoms with Crippen molar-refractivity contribution in [2.45, 2.75) is 6.42 Å². The molecule has 0 aliphatic carbocycles. The van der Waals surface area contributed by atoms with E-state index in [0.717, 1.165) is 0 Å². The molecule has 0 atom stereocenters. The van der Waals surface area contributed by atoms with Gasteiger partial charge in [-0.1, -0.05) is 6.08 Å². The zero-order chi connectivity index (χ0) is 8.74. The molecule has 11 heavy (non-hydrogen) atoms. The van der Waals surface area contributed by atoms with Gasteiger partial charge in [0.2, 0.25) is 0 Å². The molecule has 0 aromatic rings. The molecule has 5 heteroatoms. The molecule has 0 saturated carbocycles. The Morgan fingerprint density at radius 3 is 2.36 bits per heavy atom. The van der Waals surface area contributed by atoms with Crippen molar-refractivity contribution in [3.05, 3.63) is 11.9 Å². The van der Waals surface area contributed by atoms with Crippen molar-refractivity contribution in [1.29, 1.82) is 0 Å². The van der Waals surface area contributed by atoms with Crippen molar-refractivity contribution in [2.75, 3.05) is 20.8 Å². The number of hydrogen-bond acceptors (Lipinski definition) is 4. The molecule has 0 amide bonds. The molecule has 0 aromatic carbocycles. The second kappa shape index (κ2) is 5.49. The molecule has 0 saturated heterocycles. The Balaban J connectivity index is 3.97. The largest absolute Gasteiger partial charge is 0.396 e. The highest BCUT2D eigenvalue weighted by Crippen LogP contribution is 2.47. The molecule has 0 heterocycles. The van der Waals surface area contributed by atoms with Crippen LogP contribution in [0.3, 0.4) is 0 Å². The van der Waals surface area contributed by atoms with Crippen LogP contribution in [0.15, 0.2) is 11.9 Å². The van der Waals surface area contributed by atoms with Gasteiger partial charge in [0.05, 0.1) is 0 Å². The Morgan fingerprint density at radius 2 is 2.00 bits per heavy atom. The molecule has 0 aliphatic heterocycles. The van der Waals surface area contributed by atoms with E-state index in [1.165, 1.54) is 20.0 Å². The maximum absolute atomic E-state index is 11.2. The van der Waals surface area contributed by atoms with Crippen LogP contribution >= 0.6 is 7.60 Å². The fourth-order valence-corrected chi connectivity index (χ4v) is 1.27. The fourth-order valence-electron chi connectivity index (χ4n) is 0.474. The lowest BCUT2D eigenvalue weighted by Gasteiger charge is -2.07. The van der Waals surface area contributed by atoms with Gasteiger partial charge in [0.1, 0.15) is 0 Å². The lowest BCUT2D eigenvalue weighted by atomic mass is 10.5. The molecule has 0 aromatic heterocycles. The Bertz CT molecular complexity index is 158. The van der Waals surface area contributed by atoms with Crippen molar-refractivity contribution in [3.63, 3.8) is 0 Å². The molecule has 0 unspecified atom stereocenters. The van der Waals surface area contributed by atoms with Crippen LogP contribution in [0, 0.1) is 0 Å². The molecule has 0 rings (SSSR count). The van der Waals surface area contributed by atoms with Crippen molar-refractivity contribution < 1.29 is 18.7 Å². The number of aliphatic hydroxyl groups excluding tert-OH is 1. The summed E-state index contributed by atoms with van der Waals surface area (Å²) in [5.41, 5.74) is 0. The predicted molar refractivity (Wildman–Crippen MR) is 42.5 cm³/mol. The third kappa shape index (κ3) is 4.32. The molecule has 0 radical (unpaired) electrons. The highest BCUT2D eigenvalue weighted by molar-refractivity contribution is 7.57. The maximum atomic E-state index is 11.2. The van der Waals surface area contributed by atoms with Crippen LogP contribution in [0.5, 0.6) is 0 Å². The fraction of sp³-hybridized carbons (Fsp3) is 0.667. The van der Waals surface area contributed by atoms with Gasteiger partial charge in [0, 0.05) is 26.6 Å². The number of rotatable bonds is 5. The van der Waals surface area contributed by atoms with Gasteiger partial charge >= 0.3 is 7.60 Å². The molecule has 1 N–H and O–H groups in total. The molecule has 0 aliphatic rings. The third-order valence-corrected chi connectivity index (χ3v) is 2.69. The van der Waals surface area contributed by atoms with Gasteiger partial charge in [-0.15, -0.1) is 0 Å². The van der Waals surface area contributed by atoms with Crippen LogP contribution in [0.1, 0.15) is 6.42 Å². The van der Waals surface area contributed by atoms with Gasteiger partial charge in [0.15, 0.2) is 0 Å². The van der Waals surface area contributed by atoms with Crippen molar-refractivity contribution in [1.82, 2.24) is 0 Å². The minimum atomic E-state index is -3.00. The van der Waals surface area contributed by atoms with Crippen molar-refractivity contribution in [3.8, 4) is 0 Å². The van der Waals surface area contributed by atoms with Gasteiger partial charge in [-0.2, -0.15) is 0 Å². The maximum Gasteiger partial charge on any atom is 0.353 e. The van der Waals surface area contributed by atoms with E-state index in [-0.39, 0.29) is 6.61 Å². The first kappa shape index (κ1) is 10.8. The topological polar surface area (TPSA) is 55.8 Å². The Hall–Kier alpha value is -0.150. The van der Waals surface area contributed by atoms with Crippen LogP contribution in [0.4, 0.5) is 0 Å². The van der Waals surface area contributed by atoms with Gasteiger partial charge in [-0.25, -0.2) is 0 Å². The molecular formula is C6H13O4P. The number of hydrogen-bond donors (Lipinski definition) is 1. The zero-order valence-corrected chi connectivity index (χ0v) is 7.58. The molecule has 66 valence electrons.